The van der Waals surface area contributed by atoms with Gasteiger partial charge in [0.15, 0.2) is 0 Å². The number of carboxylic acids is 1. The monoisotopic (exact) mass is 323 g/mol. The summed E-state index contributed by atoms with van der Waals surface area (Å²) in [5, 5.41) is 12.7. The third kappa shape index (κ3) is 8.02. The molecule has 0 aromatic heterocycles. The standard InChI is InChI=1S/C10H17N3O5S2/c11-5(10(17)18)1-2-7(14)13-6(4-19)9(16)12-3-8(15)20/h5-6,19H,1-4,11H2,(H,12,16)(H,13,14)(H,15,20)(H,17,18)/t5-,6-/m0/s1. The van der Waals surface area contributed by atoms with E-state index in [2.05, 4.69) is 35.9 Å². The van der Waals surface area contributed by atoms with Crippen molar-refractivity contribution in [1.82, 2.24) is 10.6 Å². The number of amides is 2. The Morgan fingerprint density at radius 3 is 2.30 bits per heavy atom. The Labute approximate surface area is 126 Å². The highest BCUT2D eigenvalue weighted by Gasteiger charge is 2.20. The van der Waals surface area contributed by atoms with Gasteiger partial charge in [-0.05, 0) is 6.42 Å². The Balaban J connectivity index is 4.21. The first kappa shape index (κ1) is 18.7. The van der Waals surface area contributed by atoms with Crippen LogP contribution in [-0.2, 0) is 19.2 Å². The minimum atomic E-state index is -1.20. The quantitative estimate of drug-likeness (QED) is 0.276. The van der Waals surface area contributed by atoms with Crippen LogP contribution in [0.1, 0.15) is 12.8 Å². The number of hydrogen-bond donors (Lipinski definition) is 6. The van der Waals surface area contributed by atoms with Crippen molar-refractivity contribution >= 4 is 48.2 Å². The van der Waals surface area contributed by atoms with Gasteiger partial charge < -0.3 is 21.5 Å². The normalized spacial score (nSPS) is 13.2. The molecule has 0 radical (unpaired) electrons. The zero-order valence-electron chi connectivity index (χ0n) is 10.5. The van der Waals surface area contributed by atoms with E-state index in [-0.39, 0.29) is 25.1 Å². The fourth-order valence-corrected chi connectivity index (χ4v) is 1.49. The van der Waals surface area contributed by atoms with Crippen molar-refractivity contribution in [3.63, 3.8) is 0 Å². The molecule has 0 rings (SSSR count). The Morgan fingerprint density at radius 1 is 1.25 bits per heavy atom. The maximum atomic E-state index is 11.6. The molecule has 5 N–H and O–H groups in total. The molecule has 0 aliphatic heterocycles. The van der Waals surface area contributed by atoms with Crippen LogP contribution in [0.3, 0.4) is 0 Å². The average Bonchev–Trinajstić information content (AvgIpc) is 2.38. The fourth-order valence-electron chi connectivity index (χ4n) is 1.16. The number of carboxylic acid groups (broad SMARTS) is 1. The summed E-state index contributed by atoms with van der Waals surface area (Å²) >= 11 is 7.40. The molecule has 8 nitrogen and oxygen atoms in total. The summed E-state index contributed by atoms with van der Waals surface area (Å²) in [5.41, 5.74) is 5.25. The summed E-state index contributed by atoms with van der Waals surface area (Å²) < 4.78 is 0. The Kier molecular flexibility index (Phi) is 9.01. The summed E-state index contributed by atoms with van der Waals surface area (Å²) in [6.45, 7) is -0.258. The third-order valence-corrected chi connectivity index (χ3v) is 2.77. The van der Waals surface area contributed by atoms with Gasteiger partial charge in [-0.3, -0.25) is 19.2 Å². The van der Waals surface area contributed by atoms with E-state index in [9.17, 15) is 19.2 Å². The lowest BCUT2D eigenvalue weighted by Gasteiger charge is -2.16. The van der Waals surface area contributed by atoms with Crippen molar-refractivity contribution in [2.75, 3.05) is 12.3 Å². The molecule has 0 aromatic rings. The van der Waals surface area contributed by atoms with E-state index in [0.717, 1.165) is 0 Å². The first-order chi connectivity index (χ1) is 9.27. The molecule has 10 heteroatoms. The van der Waals surface area contributed by atoms with Gasteiger partial charge in [0.25, 0.3) is 0 Å². The first-order valence-corrected chi connectivity index (χ1v) is 6.74. The van der Waals surface area contributed by atoms with Gasteiger partial charge in [-0.25, -0.2) is 0 Å². The molecule has 0 aromatic carbocycles. The highest BCUT2D eigenvalue weighted by atomic mass is 32.1. The third-order valence-electron chi connectivity index (χ3n) is 2.25. The number of carbonyl (C=O) groups is 4. The van der Waals surface area contributed by atoms with Crippen LogP contribution >= 0.6 is 25.3 Å². The van der Waals surface area contributed by atoms with Gasteiger partial charge in [0, 0.05) is 12.2 Å². The number of hydrogen-bond acceptors (Lipinski definition) is 6. The zero-order valence-corrected chi connectivity index (χ0v) is 12.3. The van der Waals surface area contributed by atoms with Gasteiger partial charge in [-0.2, -0.15) is 12.6 Å². The second-order valence-corrected chi connectivity index (χ2v) is 4.76. The SMILES string of the molecule is N[C@@H](CCC(=O)N[C@@H](CS)C(=O)NCC(=O)S)C(=O)O. The highest BCUT2D eigenvalue weighted by Crippen LogP contribution is 1.97. The van der Waals surface area contributed by atoms with E-state index in [0.29, 0.717) is 0 Å². The molecule has 0 heterocycles. The summed E-state index contributed by atoms with van der Waals surface area (Å²) in [5.74, 6) is -2.26. The molecule has 114 valence electrons. The Bertz CT molecular complexity index is 391. The van der Waals surface area contributed by atoms with Crippen molar-refractivity contribution in [3.8, 4) is 0 Å². The van der Waals surface area contributed by atoms with Crippen molar-refractivity contribution in [3.05, 3.63) is 0 Å². The van der Waals surface area contributed by atoms with E-state index >= 15 is 0 Å². The van der Waals surface area contributed by atoms with Crippen LogP contribution in [0.2, 0.25) is 0 Å². The van der Waals surface area contributed by atoms with Crippen molar-refractivity contribution < 1.29 is 24.3 Å². The average molecular weight is 323 g/mol. The summed E-state index contributed by atoms with van der Waals surface area (Å²) in [6.07, 6.45) is -0.173. The zero-order chi connectivity index (χ0) is 15.7. The first-order valence-electron chi connectivity index (χ1n) is 5.66. The van der Waals surface area contributed by atoms with Crippen LogP contribution in [0.4, 0.5) is 0 Å². The molecule has 2 atom stereocenters. The second-order valence-electron chi connectivity index (χ2n) is 3.90. The lowest BCUT2D eigenvalue weighted by molar-refractivity contribution is -0.138. The Morgan fingerprint density at radius 2 is 1.85 bits per heavy atom. The number of nitrogens with two attached hydrogens (primary N) is 1. The fraction of sp³-hybridized carbons (Fsp3) is 0.600. The molecule has 0 aliphatic rings. The minimum Gasteiger partial charge on any atom is -0.480 e. The highest BCUT2D eigenvalue weighted by molar-refractivity contribution is 7.96. The van der Waals surface area contributed by atoms with Crippen LogP contribution in [0.25, 0.3) is 0 Å². The van der Waals surface area contributed by atoms with Gasteiger partial charge in [0.1, 0.15) is 12.1 Å². The maximum absolute atomic E-state index is 11.6. The summed E-state index contributed by atoms with van der Waals surface area (Å²) in [4.78, 5) is 44.2. The molecule has 0 spiro atoms. The molecular weight excluding hydrogens is 306 g/mol. The number of rotatable bonds is 9. The number of nitrogens with one attached hydrogen (secondary N) is 2. The number of thiol groups is 2. The minimum absolute atomic E-state index is 0.0311. The van der Waals surface area contributed by atoms with Crippen LogP contribution in [-0.4, -0.2) is 52.4 Å². The predicted molar refractivity (Wildman–Crippen MR) is 77.6 cm³/mol. The van der Waals surface area contributed by atoms with E-state index in [1.54, 1.807) is 0 Å². The Hall–Kier alpha value is -1.26. The van der Waals surface area contributed by atoms with Crippen LogP contribution in [0.5, 0.6) is 0 Å². The lowest BCUT2D eigenvalue weighted by Crippen LogP contribution is -2.49. The van der Waals surface area contributed by atoms with E-state index in [4.69, 9.17) is 10.8 Å². The summed E-state index contributed by atoms with van der Waals surface area (Å²) in [6, 6.07) is -2.05. The lowest BCUT2D eigenvalue weighted by atomic mass is 10.1. The second kappa shape index (κ2) is 9.61. The van der Waals surface area contributed by atoms with Crippen molar-refractivity contribution in [2.45, 2.75) is 24.9 Å². The van der Waals surface area contributed by atoms with Crippen LogP contribution in [0, 0.1) is 0 Å². The molecule has 0 aliphatic carbocycles. The van der Waals surface area contributed by atoms with Crippen LogP contribution in [0.15, 0.2) is 0 Å². The van der Waals surface area contributed by atoms with Gasteiger partial charge in [-0.15, -0.1) is 12.6 Å². The van der Waals surface area contributed by atoms with Crippen molar-refractivity contribution in [2.24, 2.45) is 5.73 Å². The molecule has 0 fully saturated rings. The van der Waals surface area contributed by atoms with E-state index < -0.39 is 35.0 Å². The molecule has 20 heavy (non-hydrogen) atoms. The van der Waals surface area contributed by atoms with E-state index in [1.165, 1.54) is 0 Å². The predicted octanol–water partition coefficient (Wildman–Crippen LogP) is -1.83. The summed E-state index contributed by atoms with van der Waals surface area (Å²) in [7, 11) is 0. The maximum Gasteiger partial charge on any atom is 0.320 e. The topological polar surface area (TPSA) is 139 Å². The van der Waals surface area contributed by atoms with Gasteiger partial charge in [0.2, 0.25) is 16.9 Å². The van der Waals surface area contributed by atoms with E-state index in [1.807, 2.05) is 0 Å². The van der Waals surface area contributed by atoms with Crippen molar-refractivity contribution in [1.29, 1.82) is 0 Å². The van der Waals surface area contributed by atoms with Gasteiger partial charge >= 0.3 is 5.97 Å². The number of carbonyl (C=O) groups excluding carboxylic acids is 3. The molecule has 2 amide bonds. The largest absolute Gasteiger partial charge is 0.480 e. The molecule has 0 unspecified atom stereocenters. The molecule has 0 bridgehead atoms. The van der Waals surface area contributed by atoms with Crippen LogP contribution < -0.4 is 16.4 Å². The molecule has 0 saturated carbocycles. The van der Waals surface area contributed by atoms with Gasteiger partial charge in [0.05, 0.1) is 6.54 Å². The van der Waals surface area contributed by atoms with Gasteiger partial charge in [-0.1, -0.05) is 0 Å². The molecule has 0 saturated heterocycles. The number of aliphatic carboxylic acids is 1. The molecular formula is C10H17N3O5S2. The smallest absolute Gasteiger partial charge is 0.320 e.